The first-order chi connectivity index (χ1) is 5.80. The van der Waals surface area contributed by atoms with Crippen LogP contribution in [0.1, 0.15) is 24.0 Å². The second-order valence-corrected chi connectivity index (χ2v) is 4.18. The van der Waals surface area contributed by atoms with Gasteiger partial charge in [0.1, 0.15) is 0 Å². The molecule has 1 spiro atoms. The van der Waals surface area contributed by atoms with Crippen molar-refractivity contribution in [2.45, 2.75) is 25.2 Å². The number of hydrogen-bond acceptors (Lipinski definition) is 1. The lowest BCUT2D eigenvalue weighted by Crippen LogP contribution is -2.07. The zero-order valence-electron chi connectivity index (χ0n) is 7.76. The maximum absolute atomic E-state index is 3.49. The number of rotatable bonds is 0. The molecule has 2 aliphatic rings. The van der Waals surface area contributed by atoms with E-state index >= 15 is 0 Å². The molecule has 1 heterocycles. The van der Waals surface area contributed by atoms with Crippen LogP contribution in [0.3, 0.4) is 0 Å². The number of hydrogen-bond donors (Lipinski definition) is 1. The van der Waals surface area contributed by atoms with Crippen molar-refractivity contribution in [2.75, 3.05) is 11.9 Å². The summed E-state index contributed by atoms with van der Waals surface area (Å²) in [7, 11) is 0. The Hall–Kier alpha value is -0.690. The second-order valence-electron chi connectivity index (χ2n) is 4.18. The highest BCUT2D eigenvalue weighted by Crippen LogP contribution is 2.54. The highest BCUT2D eigenvalue weighted by molar-refractivity contribution is 5.85. The summed E-state index contributed by atoms with van der Waals surface area (Å²) < 4.78 is 0. The molecule has 0 radical (unpaired) electrons. The fourth-order valence-electron chi connectivity index (χ4n) is 2.22. The molecule has 0 atom stereocenters. The van der Waals surface area contributed by atoms with Crippen molar-refractivity contribution in [1.82, 2.24) is 0 Å². The van der Waals surface area contributed by atoms with E-state index in [1.165, 1.54) is 30.6 Å². The van der Waals surface area contributed by atoms with Crippen molar-refractivity contribution >= 4 is 18.1 Å². The zero-order chi connectivity index (χ0) is 8.18. The topological polar surface area (TPSA) is 12.0 Å². The molecule has 1 saturated carbocycles. The van der Waals surface area contributed by atoms with E-state index in [4.69, 9.17) is 0 Å². The summed E-state index contributed by atoms with van der Waals surface area (Å²) in [4.78, 5) is 0. The van der Waals surface area contributed by atoms with E-state index in [1.807, 2.05) is 0 Å². The summed E-state index contributed by atoms with van der Waals surface area (Å²) in [5.41, 5.74) is 4.86. The lowest BCUT2D eigenvalue weighted by Gasteiger charge is -2.04. The first kappa shape index (κ1) is 8.89. The maximum Gasteiger partial charge on any atom is 0.0382 e. The third kappa shape index (κ3) is 1.14. The first-order valence-electron chi connectivity index (χ1n) is 4.65. The van der Waals surface area contributed by atoms with Crippen molar-refractivity contribution in [2.24, 2.45) is 0 Å². The monoisotopic (exact) mass is 195 g/mol. The van der Waals surface area contributed by atoms with E-state index < -0.39 is 0 Å². The van der Waals surface area contributed by atoms with Crippen molar-refractivity contribution in [3.8, 4) is 0 Å². The number of benzene rings is 1. The Morgan fingerprint density at radius 2 is 2.08 bits per heavy atom. The molecule has 0 saturated heterocycles. The molecule has 0 unspecified atom stereocenters. The van der Waals surface area contributed by atoms with Crippen LogP contribution in [0.4, 0.5) is 5.69 Å². The normalized spacial score (nSPS) is 20.4. The van der Waals surface area contributed by atoms with Gasteiger partial charge in [0, 0.05) is 17.6 Å². The summed E-state index contributed by atoms with van der Waals surface area (Å²) in [6.45, 7) is 3.33. The Bertz CT molecular complexity index is 342. The summed E-state index contributed by atoms with van der Waals surface area (Å²) in [6.07, 6.45) is 2.77. The zero-order valence-corrected chi connectivity index (χ0v) is 8.58. The number of nitrogens with one attached hydrogen (secondary N) is 1. The van der Waals surface area contributed by atoms with Crippen LogP contribution in [0.15, 0.2) is 18.2 Å². The molecule has 1 aliphatic heterocycles. The molecule has 1 aliphatic carbocycles. The molecule has 3 rings (SSSR count). The first-order valence-corrected chi connectivity index (χ1v) is 4.65. The number of fused-ring (bicyclic) bond motifs is 2. The molecule has 1 aromatic rings. The van der Waals surface area contributed by atoms with E-state index in [0.29, 0.717) is 5.41 Å². The van der Waals surface area contributed by atoms with E-state index in [2.05, 4.69) is 30.4 Å². The summed E-state index contributed by atoms with van der Waals surface area (Å²) in [6, 6.07) is 6.80. The quantitative estimate of drug-likeness (QED) is 0.672. The van der Waals surface area contributed by atoms with Crippen LogP contribution in [-0.2, 0) is 5.41 Å². The minimum absolute atomic E-state index is 0. The summed E-state index contributed by atoms with van der Waals surface area (Å²) >= 11 is 0. The van der Waals surface area contributed by atoms with Crippen molar-refractivity contribution in [3.63, 3.8) is 0 Å². The number of aryl methyl sites for hydroxylation is 1. The molecular formula is C11H14ClN. The predicted molar refractivity (Wildman–Crippen MR) is 57.8 cm³/mol. The Balaban J connectivity index is 0.000000653. The van der Waals surface area contributed by atoms with Gasteiger partial charge in [-0.05, 0) is 37.0 Å². The third-order valence-electron chi connectivity index (χ3n) is 3.22. The Labute approximate surface area is 84.9 Å². The van der Waals surface area contributed by atoms with Gasteiger partial charge in [0.15, 0.2) is 0 Å². The van der Waals surface area contributed by atoms with Crippen LogP contribution in [0.5, 0.6) is 0 Å². The van der Waals surface area contributed by atoms with Gasteiger partial charge in [-0.25, -0.2) is 0 Å². The average Bonchev–Trinajstić information content (AvgIpc) is 2.73. The molecule has 1 fully saturated rings. The molecule has 1 aromatic carbocycles. The molecule has 2 heteroatoms. The summed E-state index contributed by atoms with van der Waals surface area (Å²) in [5, 5.41) is 3.49. The average molecular weight is 196 g/mol. The molecule has 0 amide bonds. The Kier molecular flexibility index (Phi) is 1.81. The van der Waals surface area contributed by atoms with E-state index in [0.717, 1.165) is 0 Å². The van der Waals surface area contributed by atoms with Gasteiger partial charge in [-0.2, -0.15) is 0 Å². The molecule has 1 N–H and O–H groups in total. The van der Waals surface area contributed by atoms with Crippen LogP contribution in [0.25, 0.3) is 0 Å². The Morgan fingerprint density at radius 3 is 2.77 bits per heavy atom. The second kappa shape index (κ2) is 2.65. The number of anilines is 1. The van der Waals surface area contributed by atoms with Crippen molar-refractivity contribution in [1.29, 1.82) is 0 Å². The van der Waals surface area contributed by atoms with Gasteiger partial charge in [-0.1, -0.05) is 12.1 Å². The summed E-state index contributed by atoms with van der Waals surface area (Å²) in [5.74, 6) is 0. The van der Waals surface area contributed by atoms with Crippen LogP contribution in [0.2, 0.25) is 0 Å². The standard InChI is InChI=1S/C11H13N.ClH/c1-8-2-3-9-10(6-8)12-7-11(9)4-5-11;/h2-3,6,12H,4-5,7H2,1H3;1H. The third-order valence-corrected chi connectivity index (χ3v) is 3.22. The fourth-order valence-corrected chi connectivity index (χ4v) is 2.22. The van der Waals surface area contributed by atoms with Gasteiger partial charge in [0.05, 0.1) is 0 Å². The van der Waals surface area contributed by atoms with Crippen molar-refractivity contribution < 1.29 is 0 Å². The molecular weight excluding hydrogens is 182 g/mol. The minimum atomic E-state index is 0. The van der Waals surface area contributed by atoms with Gasteiger partial charge in [-0.15, -0.1) is 12.4 Å². The molecule has 1 nitrogen and oxygen atoms in total. The van der Waals surface area contributed by atoms with E-state index in [-0.39, 0.29) is 12.4 Å². The van der Waals surface area contributed by atoms with Gasteiger partial charge >= 0.3 is 0 Å². The van der Waals surface area contributed by atoms with Crippen LogP contribution in [-0.4, -0.2) is 6.54 Å². The fraction of sp³-hybridized carbons (Fsp3) is 0.455. The highest BCUT2D eigenvalue weighted by Gasteiger charge is 2.48. The molecule has 70 valence electrons. The lowest BCUT2D eigenvalue weighted by molar-refractivity contribution is 0.778. The Morgan fingerprint density at radius 1 is 1.31 bits per heavy atom. The number of halogens is 1. The minimum Gasteiger partial charge on any atom is -0.384 e. The predicted octanol–water partition coefficient (Wildman–Crippen LogP) is 2.87. The molecule has 0 aromatic heterocycles. The van der Waals surface area contributed by atoms with Gasteiger partial charge < -0.3 is 5.32 Å². The van der Waals surface area contributed by atoms with Crippen LogP contribution in [0, 0.1) is 6.92 Å². The van der Waals surface area contributed by atoms with Crippen molar-refractivity contribution in [3.05, 3.63) is 29.3 Å². The van der Waals surface area contributed by atoms with Gasteiger partial charge in [-0.3, -0.25) is 0 Å². The van der Waals surface area contributed by atoms with Gasteiger partial charge in [0.25, 0.3) is 0 Å². The molecule has 0 bridgehead atoms. The largest absolute Gasteiger partial charge is 0.384 e. The van der Waals surface area contributed by atoms with E-state index in [9.17, 15) is 0 Å². The smallest absolute Gasteiger partial charge is 0.0382 e. The SMILES string of the molecule is Cc1ccc2c(c1)NCC21CC1.Cl. The molecule has 13 heavy (non-hydrogen) atoms. The maximum atomic E-state index is 3.49. The van der Waals surface area contributed by atoms with Crippen LogP contribution < -0.4 is 5.32 Å². The lowest BCUT2D eigenvalue weighted by atomic mass is 9.98. The highest BCUT2D eigenvalue weighted by atomic mass is 35.5. The van der Waals surface area contributed by atoms with E-state index in [1.54, 1.807) is 5.56 Å². The van der Waals surface area contributed by atoms with Crippen LogP contribution >= 0.6 is 12.4 Å². The van der Waals surface area contributed by atoms with Gasteiger partial charge in [0.2, 0.25) is 0 Å².